The molecule has 0 bridgehead atoms. The number of nitrogens with two attached hydrogens (primary N) is 1. The smallest absolute Gasteiger partial charge is 0.223 e. The van der Waals surface area contributed by atoms with Gasteiger partial charge >= 0.3 is 0 Å². The van der Waals surface area contributed by atoms with Crippen LogP contribution in [0.4, 0.5) is 0 Å². The molecular formula is C14H28N2O. The molecule has 3 heteroatoms. The Morgan fingerprint density at radius 2 is 2.06 bits per heavy atom. The lowest BCUT2D eigenvalue weighted by molar-refractivity contribution is -0.127. The van der Waals surface area contributed by atoms with Gasteiger partial charge < -0.3 is 11.1 Å². The van der Waals surface area contributed by atoms with Crippen molar-refractivity contribution in [3.63, 3.8) is 0 Å². The van der Waals surface area contributed by atoms with E-state index in [1.807, 2.05) is 0 Å². The summed E-state index contributed by atoms with van der Waals surface area (Å²) in [5.41, 5.74) is 6.00. The molecule has 1 fully saturated rings. The minimum atomic E-state index is 0.139. The Balaban J connectivity index is 2.45. The average Bonchev–Trinajstić information content (AvgIpc) is 2.27. The summed E-state index contributed by atoms with van der Waals surface area (Å²) in [4.78, 5) is 12.2. The van der Waals surface area contributed by atoms with Crippen molar-refractivity contribution in [1.82, 2.24) is 5.32 Å². The first-order valence-corrected chi connectivity index (χ1v) is 7.12. The molecule has 3 N–H and O–H groups in total. The van der Waals surface area contributed by atoms with Crippen LogP contribution in [0.2, 0.25) is 0 Å². The van der Waals surface area contributed by atoms with E-state index in [0.29, 0.717) is 12.0 Å². The summed E-state index contributed by atoms with van der Waals surface area (Å²) in [6.45, 7) is 6.49. The van der Waals surface area contributed by atoms with Crippen LogP contribution in [-0.4, -0.2) is 18.0 Å². The van der Waals surface area contributed by atoms with Gasteiger partial charge in [0.25, 0.3) is 0 Å². The molecule has 0 aromatic rings. The van der Waals surface area contributed by atoms with Gasteiger partial charge in [0, 0.05) is 18.0 Å². The van der Waals surface area contributed by atoms with Crippen LogP contribution in [0.5, 0.6) is 0 Å². The maximum Gasteiger partial charge on any atom is 0.223 e. The summed E-state index contributed by atoms with van der Waals surface area (Å²) in [6.07, 6.45) is 6.15. The lowest BCUT2D eigenvalue weighted by atomic mass is 9.79. The zero-order valence-corrected chi connectivity index (χ0v) is 11.5. The minimum absolute atomic E-state index is 0.139. The highest BCUT2D eigenvalue weighted by Gasteiger charge is 2.29. The van der Waals surface area contributed by atoms with E-state index in [-0.39, 0.29) is 17.9 Å². The second-order valence-corrected chi connectivity index (χ2v) is 5.67. The van der Waals surface area contributed by atoms with Crippen molar-refractivity contribution in [2.24, 2.45) is 17.6 Å². The molecule has 4 unspecified atom stereocenters. The second kappa shape index (κ2) is 7.00. The fraction of sp³-hybridized carbons (Fsp3) is 0.929. The van der Waals surface area contributed by atoms with Gasteiger partial charge in [-0.25, -0.2) is 0 Å². The molecule has 0 radical (unpaired) electrons. The third kappa shape index (κ3) is 4.66. The number of nitrogens with one attached hydrogen (secondary N) is 1. The summed E-state index contributed by atoms with van der Waals surface area (Å²) in [5, 5.41) is 3.18. The van der Waals surface area contributed by atoms with Crippen LogP contribution in [0.1, 0.15) is 59.3 Å². The predicted molar refractivity (Wildman–Crippen MR) is 71.6 cm³/mol. The van der Waals surface area contributed by atoms with Crippen LogP contribution in [0.15, 0.2) is 0 Å². The lowest BCUT2D eigenvalue weighted by Gasteiger charge is -2.31. The van der Waals surface area contributed by atoms with Crippen LogP contribution in [0.25, 0.3) is 0 Å². The standard InChI is InChI=1S/C14H28N2O/c1-4-6-13(5-2)16-14(17)11-7-10(3)8-12(15)9-11/h10-13H,4-9,15H2,1-3H3,(H,16,17). The summed E-state index contributed by atoms with van der Waals surface area (Å²) in [5.74, 6) is 0.952. The van der Waals surface area contributed by atoms with E-state index in [4.69, 9.17) is 5.73 Å². The van der Waals surface area contributed by atoms with Crippen molar-refractivity contribution in [2.75, 3.05) is 0 Å². The van der Waals surface area contributed by atoms with Crippen LogP contribution in [-0.2, 0) is 4.79 Å². The Morgan fingerprint density at radius 3 is 2.59 bits per heavy atom. The molecule has 3 nitrogen and oxygen atoms in total. The number of rotatable bonds is 5. The lowest BCUT2D eigenvalue weighted by Crippen LogP contribution is -2.43. The van der Waals surface area contributed by atoms with Crippen molar-refractivity contribution >= 4 is 5.91 Å². The summed E-state index contributed by atoms with van der Waals surface area (Å²) in [6, 6.07) is 0.557. The van der Waals surface area contributed by atoms with Crippen molar-refractivity contribution in [3.05, 3.63) is 0 Å². The van der Waals surface area contributed by atoms with E-state index < -0.39 is 0 Å². The predicted octanol–water partition coefficient (Wildman–Crippen LogP) is 2.44. The summed E-state index contributed by atoms with van der Waals surface area (Å²) >= 11 is 0. The third-order valence-electron chi connectivity index (χ3n) is 3.83. The highest BCUT2D eigenvalue weighted by molar-refractivity contribution is 5.79. The van der Waals surface area contributed by atoms with Crippen LogP contribution >= 0.6 is 0 Å². The number of amides is 1. The molecule has 1 amide bonds. The second-order valence-electron chi connectivity index (χ2n) is 5.67. The zero-order valence-electron chi connectivity index (χ0n) is 11.5. The Kier molecular flexibility index (Phi) is 5.96. The molecule has 17 heavy (non-hydrogen) atoms. The quantitative estimate of drug-likeness (QED) is 0.775. The van der Waals surface area contributed by atoms with Gasteiger partial charge in [-0.05, 0) is 38.0 Å². The molecule has 1 aliphatic rings. The van der Waals surface area contributed by atoms with Gasteiger partial charge in [-0.15, -0.1) is 0 Å². The van der Waals surface area contributed by atoms with Gasteiger partial charge in [0.2, 0.25) is 5.91 Å². The molecule has 0 saturated heterocycles. The largest absolute Gasteiger partial charge is 0.353 e. The Morgan fingerprint density at radius 1 is 1.35 bits per heavy atom. The molecule has 0 spiro atoms. The molecule has 0 aliphatic heterocycles. The third-order valence-corrected chi connectivity index (χ3v) is 3.83. The molecule has 0 aromatic heterocycles. The van der Waals surface area contributed by atoms with Crippen molar-refractivity contribution in [3.8, 4) is 0 Å². The monoisotopic (exact) mass is 240 g/mol. The Labute approximate surface area is 106 Å². The van der Waals surface area contributed by atoms with Crippen LogP contribution < -0.4 is 11.1 Å². The number of carbonyl (C=O) groups excluding carboxylic acids is 1. The molecule has 1 rings (SSSR count). The van der Waals surface area contributed by atoms with E-state index in [1.165, 1.54) is 0 Å². The number of hydrogen-bond acceptors (Lipinski definition) is 2. The molecular weight excluding hydrogens is 212 g/mol. The fourth-order valence-corrected chi connectivity index (χ4v) is 2.92. The zero-order chi connectivity index (χ0) is 12.8. The van der Waals surface area contributed by atoms with Crippen molar-refractivity contribution < 1.29 is 4.79 Å². The van der Waals surface area contributed by atoms with Crippen LogP contribution in [0, 0.1) is 11.8 Å². The van der Waals surface area contributed by atoms with E-state index in [2.05, 4.69) is 26.1 Å². The molecule has 0 heterocycles. The van der Waals surface area contributed by atoms with E-state index in [9.17, 15) is 4.79 Å². The maximum absolute atomic E-state index is 12.2. The minimum Gasteiger partial charge on any atom is -0.353 e. The summed E-state index contributed by atoms with van der Waals surface area (Å²) in [7, 11) is 0. The highest BCUT2D eigenvalue weighted by Crippen LogP contribution is 2.28. The van der Waals surface area contributed by atoms with Gasteiger partial charge in [-0.2, -0.15) is 0 Å². The van der Waals surface area contributed by atoms with E-state index in [0.717, 1.165) is 38.5 Å². The van der Waals surface area contributed by atoms with E-state index in [1.54, 1.807) is 0 Å². The maximum atomic E-state index is 12.2. The van der Waals surface area contributed by atoms with E-state index >= 15 is 0 Å². The fourth-order valence-electron chi connectivity index (χ4n) is 2.92. The average molecular weight is 240 g/mol. The Bertz CT molecular complexity index is 232. The number of carbonyl (C=O) groups is 1. The van der Waals surface area contributed by atoms with Crippen molar-refractivity contribution in [2.45, 2.75) is 71.4 Å². The first-order chi connectivity index (χ1) is 8.06. The van der Waals surface area contributed by atoms with Gasteiger partial charge in [-0.1, -0.05) is 27.2 Å². The first kappa shape index (κ1) is 14.5. The Hall–Kier alpha value is -0.570. The van der Waals surface area contributed by atoms with Crippen molar-refractivity contribution in [1.29, 1.82) is 0 Å². The first-order valence-electron chi connectivity index (χ1n) is 7.12. The van der Waals surface area contributed by atoms with Crippen LogP contribution in [0.3, 0.4) is 0 Å². The molecule has 4 atom stereocenters. The normalized spacial score (nSPS) is 30.9. The molecule has 100 valence electrons. The van der Waals surface area contributed by atoms with Gasteiger partial charge in [0.05, 0.1) is 0 Å². The topological polar surface area (TPSA) is 55.1 Å². The SMILES string of the molecule is CCCC(CC)NC(=O)C1CC(C)CC(N)C1. The highest BCUT2D eigenvalue weighted by atomic mass is 16.1. The summed E-state index contributed by atoms with van der Waals surface area (Å²) < 4.78 is 0. The number of hydrogen-bond donors (Lipinski definition) is 2. The van der Waals surface area contributed by atoms with Gasteiger partial charge in [-0.3, -0.25) is 4.79 Å². The van der Waals surface area contributed by atoms with Gasteiger partial charge in [0.15, 0.2) is 0 Å². The molecule has 1 saturated carbocycles. The molecule has 0 aromatic carbocycles. The van der Waals surface area contributed by atoms with Gasteiger partial charge in [0.1, 0.15) is 0 Å². The molecule has 1 aliphatic carbocycles.